The second kappa shape index (κ2) is 5.80. The van der Waals surface area contributed by atoms with Gasteiger partial charge in [-0.15, -0.1) is 0 Å². The van der Waals surface area contributed by atoms with Crippen LogP contribution >= 0.6 is 11.6 Å². The van der Waals surface area contributed by atoms with Crippen LogP contribution in [0, 0.1) is 11.3 Å². The Morgan fingerprint density at radius 1 is 1.27 bits per heavy atom. The van der Waals surface area contributed by atoms with Gasteiger partial charge >= 0.3 is 0 Å². The van der Waals surface area contributed by atoms with Crippen LogP contribution in [-0.4, -0.2) is 10.1 Å². The van der Waals surface area contributed by atoms with Crippen LogP contribution in [0.1, 0.15) is 5.89 Å². The Kier molecular flexibility index (Phi) is 3.69. The van der Waals surface area contributed by atoms with Gasteiger partial charge in [0.1, 0.15) is 22.9 Å². The van der Waals surface area contributed by atoms with Crippen LogP contribution in [0.15, 0.2) is 53.1 Å². The van der Waals surface area contributed by atoms with Gasteiger partial charge in [-0.05, 0) is 42.5 Å². The van der Waals surface area contributed by atoms with Crippen molar-refractivity contribution in [1.29, 1.82) is 5.26 Å². The highest BCUT2D eigenvalue weighted by Crippen LogP contribution is 2.23. The lowest BCUT2D eigenvalue weighted by Gasteiger charge is -2.00. The molecule has 0 radical (unpaired) electrons. The highest BCUT2D eigenvalue weighted by atomic mass is 35.5. The van der Waals surface area contributed by atoms with Gasteiger partial charge in [-0.3, -0.25) is 0 Å². The van der Waals surface area contributed by atoms with Crippen LogP contribution in [-0.2, 0) is 0 Å². The summed E-state index contributed by atoms with van der Waals surface area (Å²) in [6.07, 6.45) is 1.50. The first-order valence-corrected chi connectivity index (χ1v) is 6.76. The van der Waals surface area contributed by atoms with Gasteiger partial charge in [-0.1, -0.05) is 11.6 Å². The third-order valence-corrected chi connectivity index (χ3v) is 3.19. The lowest BCUT2D eigenvalue weighted by molar-refractivity contribution is 0.475. The van der Waals surface area contributed by atoms with E-state index in [9.17, 15) is 10.4 Å². The minimum Gasteiger partial charge on any atom is -0.508 e. The maximum atomic E-state index is 9.26. The summed E-state index contributed by atoms with van der Waals surface area (Å²) in [6.45, 7) is 0. The fraction of sp³-hybridized carbons (Fsp3) is 0. The Bertz CT molecular complexity index is 892. The molecule has 3 aromatic rings. The smallest absolute Gasteiger partial charge is 0.239 e. The lowest BCUT2D eigenvalue weighted by Crippen LogP contribution is -1.90. The number of allylic oxidation sites excluding steroid dienone is 1. The molecule has 0 aliphatic heterocycles. The second-order valence-corrected chi connectivity index (χ2v) is 4.93. The van der Waals surface area contributed by atoms with Crippen molar-refractivity contribution >= 4 is 34.0 Å². The van der Waals surface area contributed by atoms with Gasteiger partial charge in [-0.2, -0.15) is 5.26 Å². The number of oxazole rings is 1. The van der Waals surface area contributed by atoms with Gasteiger partial charge in [0.05, 0.1) is 0 Å². The minimum absolute atomic E-state index is 0.172. The zero-order valence-electron chi connectivity index (χ0n) is 11.2. The van der Waals surface area contributed by atoms with E-state index < -0.39 is 0 Å². The highest BCUT2D eigenvalue weighted by Gasteiger charge is 2.11. The topological polar surface area (TPSA) is 82.1 Å². The Labute approximate surface area is 131 Å². The maximum absolute atomic E-state index is 9.26. The van der Waals surface area contributed by atoms with E-state index in [4.69, 9.17) is 16.0 Å². The zero-order chi connectivity index (χ0) is 15.5. The number of aromatic hydroxyl groups is 1. The SMILES string of the molecule is N#CC(=CNc1ccc(O)cc1)c1nc2cc(Cl)ccc2o1. The molecular weight excluding hydrogens is 302 g/mol. The molecule has 0 amide bonds. The normalized spacial score (nSPS) is 11.4. The Hall–Kier alpha value is -2.97. The molecule has 0 spiro atoms. The lowest BCUT2D eigenvalue weighted by atomic mass is 10.3. The van der Waals surface area contributed by atoms with Crippen molar-refractivity contribution in [3.63, 3.8) is 0 Å². The Balaban J connectivity index is 1.90. The number of anilines is 1. The van der Waals surface area contributed by atoms with Gasteiger partial charge < -0.3 is 14.8 Å². The maximum Gasteiger partial charge on any atom is 0.239 e. The molecule has 1 heterocycles. The highest BCUT2D eigenvalue weighted by molar-refractivity contribution is 6.31. The molecule has 0 bridgehead atoms. The fourth-order valence-corrected chi connectivity index (χ4v) is 2.04. The molecule has 6 heteroatoms. The van der Waals surface area contributed by atoms with Gasteiger partial charge in [0.25, 0.3) is 0 Å². The summed E-state index contributed by atoms with van der Waals surface area (Å²) in [5.74, 6) is 0.386. The van der Waals surface area contributed by atoms with E-state index in [1.165, 1.54) is 6.20 Å². The molecule has 22 heavy (non-hydrogen) atoms. The number of benzene rings is 2. The first-order valence-electron chi connectivity index (χ1n) is 6.38. The molecule has 0 atom stereocenters. The first-order chi connectivity index (χ1) is 10.7. The largest absolute Gasteiger partial charge is 0.508 e. The number of phenolic OH excluding ortho intramolecular Hbond substituents is 1. The summed E-state index contributed by atoms with van der Waals surface area (Å²) in [4.78, 5) is 4.25. The van der Waals surface area contributed by atoms with Crippen molar-refractivity contribution in [2.45, 2.75) is 0 Å². The summed E-state index contributed by atoms with van der Waals surface area (Å²) < 4.78 is 5.54. The second-order valence-electron chi connectivity index (χ2n) is 4.49. The van der Waals surface area contributed by atoms with Crippen LogP contribution in [0.25, 0.3) is 16.7 Å². The molecule has 0 saturated carbocycles. The Morgan fingerprint density at radius 2 is 2.05 bits per heavy atom. The predicted octanol–water partition coefficient (Wildman–Crippen LogP) is 4.16. The molecule has 0 aliphatic rings. The van der Waals surface area contributed by atoms with E-state index in [2.05, 4.69) is 10.3 Å². The van der Waals surface area contributed by atoms with E-state index >= 15 is 0 Å². The molecule has 0 fully saturated rings. The van der Waals surface area contributed by atoms with Crippen molar-refractivity contribution < 1.29 is 9.52 Å². The van der Waals surface area contributed by atoms with E-state index in [-0.39, 0.29) is 17.2 Å². The number of nitriles is 1. The summed E-state index contributed by atoms with van der Waals surface area (Å²) in [5.41, 5.74) is 2.13. The molecule has 0 saturated heterocycles. The molecular formula is C16H10ClN3O2. The molecule has 2 aromatic carbocycles. The number of fused-ring (bicyclic) bond motifs is 1. The molecule has 0 aliphatic carbocycles. The molecule has 2 N–H and O–H groups in total. The number of phenols is 1. The standard InChI is InChI=1S/C16H10ClN3O2/c17-11-1-6-15-14(7-11)20-16(22-15)10(8-18)9-19-12-2-4-13(21)5-3-12/h1-7,9,19,21H. The van der Waals surface area contributed by atoms with Crippen LogP contribution in [0.5, 0.6) is 5.75 Å². The fourth-order valence-electron chi connectivity index (χ4n) is 1.87. The average molecular weight is 312 g/mol. The van der Waals surface area contributed by atoms with Gasteiger partial charge in [0.15, 0.2) is 5.58 Å². The average Bonchev–Trinajstić information content (AvgIpc) is 2.92. The number of nitrogens with zero attached hydrogens (tertiary/aromatic N) is 2. The number of halogens is 1. The number of hydrogen-bond acceptors (Lipinski definition) is 5. The third kappa shape index (κ3) is 2.87. The number of nitrogens with one attached hydrogen (secondary N) is 1. The molecule has 5 nitrogen and oxygen atoms in total. The zero-order valence-corrected chi connectivity index (χ0v) is 12.0. The van der Waals surface area contributed by atoms with Crippen molar-refractivity contribution in [3.05, 3.63) is 59.6 Å². The minimum atomic E-state index is 0.172. The van der Waals surface area contributed by atoms with Crippen LogP contribution in [0.3, 0.4) is 0 Å². The summed E-state index contributed by atoms with van der Waals surface area (Å²) in [5, 5.41) is 22.0. The van der Waals surface area contributed by atoms with Crippen LogP contribution < -0.4 is 5.32 Å². The summed E-state index contributed by atoms with van der Waals surface area (Å²) >= 11 is 5.90. The van der Waals surface area contributed by atoms with E-state index in [1.54, 1.807) is 42.5 Å². The van der Waals surface area contributed by atoms with E-state index in [1.807, 2.05) is 6.07 Å². The molecule has 3 rings (SSSR count). The van der Waals surface area contributed by atoms with Gasteiger partial charge in [-0.25, -0.2) is 4.98 Å². The third-order valence-electron chi connectivity index (χ3n) is 2.95. The number of hydrogen-bond donors (Lipinski definition) is 2. The van der Waals surface area contributed by atoms with Crippen LogP contribution in [0.2, 0.25) is 5.02 Å². The van der Waals surface area contributed by atoms with Crippen molar-refractivity contribution in [1.82, 2.24) is 4.98 Å². The Morgan fingerprint density at radius 3 is 2.77 bits per heavy atom. The quantitative estimate of drug-likeness (QED) is 0.560. The molecule has 108 valence electrons. The summed E-state index contributed by atoms with van der Waals surface area (Å²) in [7, 11) is 0. The van der Waals surface area contributed by atoms with Crippen molar-refractivity contribution in [3.8, 4) is 11.8 Å². The van der Waals surface area contributed by atoms with Gasteiger partial charge in [0.2, 0.25) is 5.89 Å². The monoisotopic (exact) mass is 311 g/mol. The van der Waals surface area contributed by atoms with E-state index in [0.717, 1.165) is 5.69 Å². The number of rotatable bonds is 3. The predicted molar refractivity (Wildman–Crippen MR) is 84.3 cm³/mol. The van der Waals surface area contributed by atoms with Crippen molar-refractivity contribution in [2.24, 2.45) is 0 Å². The molecule has 1 aromatic heterocycles. The first kappa shape index (κ1) is 14.0. The molecule has 0 unspecified atom stereocenters. The van der Waals surface area contributed by atoms with E-state index in [0.29, 0.717) is 16.1 Å². The van der Waals surface area contributed by atoms with Crippen LogP contribution in [0.4, 0.5) is 5.69 Å². The van der Waals surface area contributed by atoms with Crippen molar-refractivity contribution in [2.75, 3.05) is 5.32 Å². The summed E-state index contributed by atoms with van der Waals surface area (Å²) in [6, 6.07) is 13.6. The number of aromatic nitrogens is 1. The van der Waals surface area contributed by atoms with Gasteiger partial charge in [0, 0.05) is 16.9 Å².